The number of nitrogens with two attached hydrogens (primary N) is 1. The Morgan fingerprint density at radius 1 is 1.40 bits per heavy atom. The molecule has 2 aliphatic rings. The van der Waals surface area contributed by atoms with E-state index in [-0.39, 0.29) is 5.50 Å². The number of ether oxygens (including phenoxy) is 2. The Morgan fingerprint density at radius 3 is 2.85 bits per heavy atom. The Balaban J connectivity index is 1.98. The van der Waals surface area contributed by atoms with E-state index in [1.54, 1.807) is 25.2 Å². The highest BCUT2D eigenvalue weighted by Crippen LogP contribution is 2.53. The van der Waals surface area contributed by atoms with E-state index in [1.165, 1.54) is 5.12 Å². The molecule has 0 saturated heterocycles. The van der Waals surface area contributed by atoms with Crippen molar-refractivity contribution >= 4 is 23.8 Å². The van der Waals surface area contributed by atoms with Gasteiger partial charge in [0.2, 0.25) is 0 Å². The van der Waals surface area contributed by atoms with E-state index in [0.717, 1.165) is 22.1 Å². The van der Waals surface area contributed by atoms with Crippen molar-refractivity contribution in [2.45, 2.75) is 24.2 Å². The summed E-state index contributed by atoms with van der Waals surface area (Å²) in [6.45, 7) is 4.94. The zero-order valence-electron chi connectivity index (χ0n) is 11.7. The minimum atomic E-state index is -0.0669. The second kappa shape index (κ2) is 5.06. The fourth-order valence-electron chi connectivity index (χ4n) is 2.17. The zero-order valence-corrected chi connectivity index (χ0v) is 12.6. The van der Waals surface area contributed by atoms with Crippen molar-refractivity contribution in [3.63, 3.8) is 0 Å². The quantitative estimate of drug-likeness (QED) is 0.858. The van der Waals surface area contributed by atoms with E-state index in [9.17, 15) is 0 Å². The number of fused-ring (bicyclic) bond motifs is 3. The Bertz CT molecular complexity index is 549. The van der Waals surface area contributed by atoms with E-state index in [1.807, 2.05) is 17.0 Å². The van der Waals surface area contributed by atoms with Crippen LogP contribution in [0.2, 0.25) is 0 Å². The first-order chi connectivity index (χ1) is 9.61. The molecule has 20 heavy (non-hydrogen) atoms. The summed E-state index contributed by atoms with van der Waals surface area (Å²) >= 11 is 1.62. The van der Waals surface area contributed by atoms with Crippen molar-refractivity contribution in [3.05, 3.63) is 12.1 Å². The molecule has 2 N–H and O–H groups in total. The van der Waals surface area contributed by atoms with Crippen LogP contribution in [0.15, 0.2) is 22.1 Å². The summed E-state index contributed by atoms with van der Waals surface area (Å²) in [5.74, 6) is 8.00. The van der Waals surface area contributed by atoms with Crippen LogP contribution < -0.4 is 20.2 Å². The van der Waals surface area contributed by atoms with Crippen LogP contribution >= 0.6 is 11.8 Å². The highest BCUT2D eigenvalue weighted by atomic mass is 32.2. The van der Waals surface area contributed by atoms with Gasteiger partial charge in [-0.1, -0.05) is 25.6 Å². The van der Waals surface area contributed by atoms with Gasteiger partial charge in [0.25, 0.3) is 0 Å². The van der Waals surface area contributed by atoms with E-state index >= 15 is 0 Å². The number of anilines is 1. The summed E-state index contributed by atoms with van der Waals surface area (Å²) < 4.78 is 11.4. The number of benzene rings is 1. The lowest BCUT2D eigenvalue weighted by Gasteiger charge is -2.19. The normalized spacial score (nSPS) is 19.6. The molecule has 0 amide bonds. The van der Waals surface area contributed by atoms with Crippen molar-refractivity contribution in [1.29, 1.82) is 0 Å². The maximum absolute atomic E-state index is 5.90. The average Bonchev–Trinajstić information content (AvgIpc) is 2.97. The van der Waals surface area contributed by atoms with Crippen LogP contribution in [0.25, 0.3) is 0 Å². The molecule has 6 nitrogen and oxygen atoms in total. The number of hydrazine groups is 1. The van der Waals surface area contributed by atoms with Crippen molar-refractivity contribution in [2.24, 2.45) is 16.9 Å². The summed E-state index contributed by atoms with van der Waals surface area (Å²) in [7, 11) is 1.66. The molecular formula is C13H18N4O2S. The second-order valence-corrected chi connectivity index (χ2v) is 6.18. The largest absolute Gasteiger partial charge is 0.495 e. The van der Waals surface area contributed by atoms with Crippen molar-refractivity contribution in [1.82, 2.24) is 5.12 Å². The zero-order chi connectivity index (χ0) is 14.3. The highest BCUT2D eigenvalue weighted by molar-refractivity contribution is 8.00. The van der Waals surface area contributed by atoms with Crippen molar-refractivity contribution in [3.8, 4) is 11.5 Å². The van der Waals surface area contributed by atoms with Crippen LogP contribution in [-0.2, 0) is 0 Å². The number of rotatable bonds is 4. The number of thioether (sulfide) groups is 1. The Hall–Kier alpha value is -1.60. The monoisotopic (exact) mass is 294 g/mol. The Morgan fingerprint density at radius 2 is 2.15 bits per heavy atom. The van der Waals surface area contributed by atoms with Crippen molar-refractivity contribution < 1.29 is 9.47 Å². The van der Waals surface area contributed by atoms with Gasteiger partial charge in [0.15, 0.2) is 5.50 Å². The van der Waals surface area contributed by atoms with Gasteiger partial charge < -0.3 is 9.47 Å². The minimum absolute atomic E-state index is 0.0669. The lowest BCUT2D eigenvalue weighted by molar-refractivity contribution is 0.265. The molecule has 2 aliphatic heterocycles. The molecular weight excluding hydrogens is 276 g/mol. The number of hydrogen-bond donors (Lipinski definition) is 1. The SMILES string of the molecule is COc1ccc(OCC(C)C)c2c1N1C=NN(N)C1S2. The molecule has 108 valence electrons. The molecule has 0 aliphatic carbocycles. The number of methoxy groups -OCH3 is 1. The number of nitrogens with zero attached hydrogens (tertiary/aromatic N) is 3. The third kappa shape index (κ3) is 2.06. The van der Waals surface area contributed by atoms with E-state index < -0.39 is 0 Å². The third-order valence-electron chi connectivity index (χ3n) is 3.11. The molecule has 1 unspecified atom stereocenters. The van der Waals surface area contributed by atoms with Gasteiger partial charge in [0.05, 0.1) is 18.6 Å². The standard InChI is InChI=1S/C13H18N4O2S/c1-8(2)6-19-10-5-4-9(18-3)11-12(10)20-13-16(11)7-15-17(13)14/h4-5,7-8,13H,6,14H2,1-3H3. The van der Waals surface area contributed by atoms with Gasteiger partial charge in [-0.05, 0) is 18.1 Å². The lowest BCUT2D eigenvalue weighted by atomic mass is 10.2. The fourth-order valence-corrected chi connectivity index (χ4v) is 3.38. The Labute approximate surface area is 122 Å². The minimum Gasteiger partial charge on any atom is -0.495 e. The smallest absolute Gasteiger partial charge is 0.192 e. The van der Waals surface area contributed by atoms with Gasteiger partial charge >= 0.3 is 0 Å². The molecule has 0 saturated carbocycles. The molecule has 1 atom stereocenters. The average molecular weight is 294 g/mol. The van der Waals surface area contributed by atoms with E-state index in [2.05, 4.69) is 18.9 Å². The summed E-state index contributed by atoms with van der Waals surface area (Å²) in [5, 5.41) is 5.53. The van der Waals surface area contributed by atoms with E-state index in [0.29, 0.717) is 12.5 Å². The van der Waals surface area contributed by atoms with Crippen LogP contribution in [0.4, 0.5) is 5.69 Å². The highest BCUT2D eigenvalue weighted by Gasteiger charge is 2.40. The summed E-state index contributed by atoms with van der Waals surface area (Å²) in [5.41, 5.74) is 0.906. The predicted molar refractivity (Wildman–Crippen MR) is 80.0 cm³/mol. The fraction of sp³-hybridized carbons (Fsp3) is 0.462. The first kappa shape index (κ1) is 13.4. The predicted octanol–water partition coefficient (Wildman–Crippen LogP) is 2.06. The topological polar surface area (TPSA) is 63.3 Å². The van der Waals surface area contributed by atoms with Gasteiger partial charge in [0.1, 0.15) is 23.5 Å². The first-order valence-corrected chi connectivity index (χ1v) is 7.36. The maximum Gasteiger partial charge on any atom is 0.192 e. The summed E-state index contributed by atoms with van der Waals surface area (Å²) in [6, 6.07) is 3.87. The van der Waals surface area contributed by atoms with Crippen LogP contribution in [0.1, 0.15) is 13.8 Å². The summed E-state index contributed by atoms with van der Waals surface area (Å²) in [4.78, 5) is 3.05. The molecule has 0 radical (unpaired) electrons. The van der Waals surface area contributed by atoms with Crippen LogP contribution in [0.5, 0.6) is 11.5 Å². The van der Waals surface area contributed by atoms with Crippen molar-refractivity contribution in [2.75, 3.05) is 18.6 Å². The molecule has 1 aromatic rings. The van der Waals surface area contributed by atoms with Gasteiger partial charge in [-0.3, -0.25) is 4.90 Å². The Kier molecular flexibility index (Phi) is 3.39. The second-order valence-electron chi connectivity index (χ2n) is 5.11. The third-order valence-corrected chi connectivity index (χ3v) is 4.39. The first-order valence-electron chi connectivity index (χ1n) is 6.48. The molecule has 0 fully saturated rings. The van der Waals surface area contributed by atoms with Gasteiger partial charge in [0, 0.05) is 0 Å². The molecule has 1 aromatic carbocycles. The van der Waals surface area contributed by atoms with E-state index in [4.69, 9.17) is 15.3 Å². The molecule has 3 rings (SSSR count). The lowest BCUT2D eigenvalue weighted by Crippen LogP contribution is -2.37. The van der Waals surface area contributed by atoms with Gasteiger partial charge in [-0.25, -0.2) is 5.84 Å². The summed E-state index contributed by atoms with van der Waals surface area (Å²) in [6.07, 6.45) is 1.72. The maximum atomic E-state index is 5.90. The van der Waals surface area contributed by atoms with Crippen LogP contribution in [-0.4, -0.2) is 30.7 Å². The molecule has 7 heteroatoms. The van der Waals surface area contributed by atoms with Crippen LogP contribution in [0, 0.1) is 5.92 Å². The number of hydrazone groups is 1. The molecule has 0 aromatic heterocycles. The number of hydrogen-bond acceptors (Lipinski definition) is 7. The molecule has 2 heterocycles. The molecule has 0 bridgehead atoms. The molecule has 0 spiro atoms. The van der Waals surface area contributed by atoms with Gasteiger partial charge in [-0.15, -0.1) is 5.10 Å². The van der Waals surface area contributed by atoms with Gasteiger partial charge in [-0.2, -0.15) is 5.12 Å². The van der Waals surface area contributed by atoms with Crippen LogP contribution in [0.3, 0.4) is 0 Å².